The van der Waals surface area contributed by atoms with Crippen LogP contribution in [0.4, 0.5) is 0 Å². The zero-order valence-corrected chi connectivity index (χ0v) is 7.97. The Balaban J connectivity index is 2.12. The summed E-state index contributed by atoms with van der Waals surface area (Å²) < 4.78 is 0. The first kappa shape index (κ1) is 10.7. The molecule has 0 fully saturated rings. The maximum absolute atomic E-state index is 10.4. The Labute approximate surface area is 82.9 Å². The molecule has 0 radical (unpaired) electrons. The van der Waals surface area contributed by atoms with Crippen molar-refractivity contribution in [2.75, 3.05) is 13.2 Å². The molecule has 0 aromatic heterocycles. The van der Waals surface area contributed by atoms with Gasteiger partial charge in [0.25, 0.3) is 0 Å². The zero-order chi connectivity index (χ0) is 10.4. The molecule has 0 aromatic rings. The summed E-state index contributed by atoms with van der Waals surface area (Å²) in [5.41, 5.74) is 5.37. The topological polar surface area (TPSA) is 78.9 Å². The second-order valence-corrected chi connectivity index (χ2v) is 3.21. The number of carboxylic acid groups (broad SMARTS) is 1. The fourth-order valence-corrected chi connectivity index (χ4v) is 1.20. The predicted octanol–water partition coefficient (Wildman–Crippen LogP) is 0.0361. The Morgan fingerprint density at radius 2 is 2.50 bits per heavy atom. The highest BCUT2D eigenvalue weighted by atomic mass is 16.4. The normalized spacial score (nSPS) is 17.1. The van der Waals surface area contributed by atoms with Crippen LogP contribution in [0.25, 0.3) is 0 Å². The fraction of sp³-hybridized carbons (Fsp3) is 0.556. The van der Waals surface area contributed by atoms with Gasteiger partial charge in [-0.05, 0) is 18.9 Å². The van der Waals surface area contributed by atoms with Crippen LogP contribution in [0.5, 0.6) is 0 Å². The molecule has 0 saturated heterocycles. The lowest BCUT2D eigenvalue weighted by Crippen LogP contribution is -2.31. The number of carbonyl (C=O) groups is 1. The number of carboxylic acids is 1. The van der Waals surface area contributed by atoms with Crippen LogP contribution in [0, 0.1) is 0 Å². The lowest BCUT2D eigenvalue weighted by atomic mass is 10.1. The Hall–Kier alpha value is -1.36. The van der Waals surface area contributed by atoms with Crippen molar-refractivity contribution in [3.05, 3.63) is 12.3 Å². The number of aliphatic imine (C=N–C) groups is 1. The molecule has 1 aliphatic rings. The highest BCUT2D eigenvalue weighted by molar-refractivity contribution is 5.73. The van der Waals surface area contributed by atoms with Crippen molar-refractivity contribution in [2.45, 2.75) is 18.9 Å². The van der Waals surface area contributed by atoms with Gasteiger partial charge in [-0.1, -0.05) is 0 Å². The molecule has 1 aliphatic heterocycles. The molecule has 1 atom stereocenters. The van der Waals surface area contributed by atoms with E-state index in [1.54, 1.807) is 6.21 Å². The molecule has 14 heavy (non-hydrogen) atoms. The standard InChI is InChI=1S/C9H15N3O2/c10-8(9(13)14)3-1-5-12-6-2-4-11-7-12/h2,4,6,8H,1,3,5,7,10H2,(H,13,14). The van der Waals surface area contributed by atoms with E-state index in [0.29, 0.717) is 13.1 Å². The quantitative estimate of drug-likeness (QED) is 0.652. The first-order chi connectivity index (χ1) is 6.70. The van der Waals surface area contributed by atoms with E-state index < -0.39 is 12.0 Å². The van der Waals surface area contributed by atoms with Gasteiger partial charge in [-0.3, -0.25) is 9.79 Å². The van der Waals surface area contributed by atoms with Gasteiger partial charge in [0.05, 0.1) is 0 Å². The zero-order valence-electron chi connectivity index (χ0n) is 7.97. The highest BCUT2D eigenvalue weighted by Gasteiger charge is 2.11. The molecule has 0 spiro atoms. The number of rotatable bonds is 5. The molecule has 1 rings (SSSR count). The van der Waals surface area contributed by atoms with Crippen molar-refractivity contribution in [1.82, 2.24) is 4.90 Å². The van der Waals surface area contributed by atoms with E-state index in [0.717, 1.165) is 13.0 Å². The van der Waals surface area contributed by atoms with Crippen molar-refractivity contribution in [1.29, 1.82) is 0 Å². The molecular weight excluding hydrogens is 182 g/mol. The molecule has 3 N–H and O–H groups in total. The van der Waals surface area contributed by atoms with Crippen molar-refractivity contribution >= 4 is 12.2 Å². The van der Waals surface area contributed by atoms with E-state index in [1.165, 1.54) is 0 Å². The molecule has 0 aromatic carbocycles. The summed E-state index contributed by atoms with van der Waals surface area (Å²) in [7, 11) is 0. The van der Waals surface area contributed by atoms with E-state index in [9.17, 15) is 4.79 Å². The summed E-state index contributed by atoms with van der Waals surface area (Å²) in [4.78, 5) is 16.5. The molecule has 1 unspecified atom stereocenters. The Bertz CT molecular complexity index is 250. The van der Waals surface area contributed by atoms with Crippen LogP contribution in [0.15, 0.2) is 17.3 Å². The minimum atomic E-state index is -0.933. The summed E-state index contributed by atoms with van der Waals surface area (Å²) in [6.07, 6.45) is 6.83. The van der Waals surface area contributed by atoms with E-state index in [2.05, 4.69) is 4.99 Å². The molecule has 0 amide bonds. The number of hydrogen-bond donors (Lipinski definition) is 2. The smallest absolute Gasteiger partial charge is 0.320 e. The highest BCUT2D eigenvalue weighted by Crippen LogP contribution is 2.01. The van der Waals surface area contributed by atoms with Crippen LogP contribution in [-0.4, -0.2) is 41.4 Å². The Morgan fingerprint density at radius 1 is 1.71 bits per heavy atom. The maximum Gasteiger partial charge on any atom is 0.320 e. The van der Waals surface area contributed by atoms with Gasteiger partial charge in [0.15, 0.2) is 0 Å². The number of nitrogens with zero attached hydrogens (tertiary/aromatic N) is 2. The van der Waals surface area contributed by atoms with Crippen molar-refractivity contribution in [2.24, 2.45) is 10.7 Å². The van der Waals surface area contributed by atoms with Crippen molar-refractivity contribution in [3.63, 3.8) is 0 Å². The van der Waals surface area contributed by atoms with Gasteiger partial charge in [-0.25, -0.2) is 0 Å². The summed E-state index contributed by atoms with van der Waals surface area (Å²) in [6.45, 7) is 1.45. The van der Waals surface area contributed by atoms with Gasteiger partial charge >= 0.3 is 5.97 Å². The average Bonchev–Trinajstić information content (AvgIpc) is 2.19. The van der Waals surface area contributed by atoms with Gasteiger partial charge in [0.1, 0.15) is 12.7 Å². The molecule has 0 saturated carbocycles. The third kappa shape index (κ3) is 3.57. The van der Waals surface area contributed by atoms with Crippen LogP contribution in [0.1, 0.15) is 12.8 Å². The van der Waals surface area contributed by atoms with E-state index in [-0.39, 0.29) is 0 Å². The van der Waals surface area contributed by atoms with E-state index >= 15 is 0 Å². The SMILES string of the molecule is NC(CCCN1C=CC=NC1)C(=O)O. The molecule has 0 bridgehead atoms. The minimum Gasteiger partial charge on any atom is -0.480 e. The number of allylic oxidation sites excluding steroid dienone is 1. The number of hydrogen-bond acceptors (Lipinski definition) is 4. The third-order valence-corrected chi connectivity index (χ3v) is 2.03. The lowest BCUT2D eigenvalue weighted by molar-refractivity contribution is -0.138. The molecule has 5 heteroatoms. The Kier molecular flexibility index (Phi) is 4.12. The molecule has 0 aliphatic carbocycles. The summed E-state index contributed by atoms with van der Waals surface area (Å²) in [5, 5.41) is 8.54. The van der Waals surface area contributed by atoms with Crippen LogP contribution in [0.3, 0.4) is 0 Å². The average molecular weight is 197 g/mol. The Morgan fingerprint density at radius 3 is 3.07 bits per heavy atom. The van der Waals surface area contributed by atoms with E-state index in [4.69, 9.17) is 10.8 Å². The second-order valence-electron chi connectivity index (χ2n) is 3.21. The first-order valence-corrected chi connectivity index (χ1v) is 4.59. The maximum atomic E-state index is 10.4. The van der Waals surface area contributed by atoms with Crippen LogP contribution in [0.2, 0.25) is 0 Å². The predicted molar refractivity (Wildman–Crippen MR) is 54.1 cm³/mol. The fourth-order valence-electron chi connectivity index (χ4n) is 1.20. The van der Waals surface area contributed by atoms with Gasteiger partial charge in [-0.15, -0.1) is 0 Å². The molecular formula is C9H15N3O2. The van der Waals surface area contributed by atoms with Crippen LogP contribution >= 0.6 is 0 Å². The number of nitrogens with two attached hydrogens (primary N) is 1. The molecule has 78 valence electrons. The van der Waals surface area contributed by atoms with Gasteiger partial charge < -0.3 is 15.7 Å². The van der Waals surface area contributed by atoms with Gasteiger partial charge in [-0.2, -0.15) is 0 Å². The summed E-state index contributed by atoms with van der Waals surface area (Å²) in [5.74, 6) is -0.933. The molecule has 1 heterocycles. The minimum absolute atomic E-state index is 0.503. The van der Waals surface area contributed by atoms with Crippen molar-refractivity contribution < 1.29 is 9.90 Å². The lowest BCUT2D eigenvalue weighted by Gasteiger charge is -2.19. The van der Waals surface area contributed by atoms with Gasteiger partial charge in [0.2, 0.25) is 0 Å². The van der Waals surface area contributed by atoms with Crippen molar-refractivity contribution in [3.8, 4) is 0 Å². The van der Waals surface area contributed by atoms with Crippen LogP contribution < -0.4 is 5.73 Å². The van der Waals surface area contributed by atoms with Crippen LogP contribution in [-0.2, 0) is 4.79 Å². The summed E-state index contributed by atoms with van der Waals surface area (Å²) >= 11 is 0. The van der Waals surface area contributed by atoms with Gasteiger partial charge in [0, 0.05) is 19.0 Å². The largest absolute Gasteiger partial charge is 0.480 e. The van der Waals surface area contributed by atoms with E-state index in [1.807, 2.05) is 17.2 Å². The first-order valence-electron chi connectivity index (χ1n) is 4.59. The second kappa shape index (κ2) is 5.39. The third-order valence-electron chi connectivity index (χ3n) is 2.03. The molecule has 5 nitrogen and oxygen atoms in total. The monoisotopic (exact) mass is 197 g/mol. The summed E-state index contributed by atoms with van der Waals surface area (Å²) in [6, 6.07) is -0.743. The number of aliphatic carboxylic acids is 1.